The van der Waals surface area contributed by atoms with Crippen LogP contribution in [0.25, 0.3) is 0 Å². The molecule has 0 atom stereocenters. The van der Waals surface area contributed by atoms with Crippen LogP contribution in [-0.2, 0) is 6.54 Å². The number of hydrogen-bond acceptors (Lipinski definition) is 3. The molecule has 0 unspecified atom stereocenters. The van der Waals surface area contributed by atoms with Gasteiger partial charge in [0.15, 0.2) is 0 Å². The maximum Gasteiger partial charge on any atom is 0.573 e. The van der Waals surface area contributed by atoms with E-state index in [0.717, 1.165) is 10.2 Å². The fraction of sp³-hybridized carbons (Fsp3) is 0.154. The van der Waals surface area contributed by atoms with E-state index in [0.29, 0.717) is 12.2 Å². The average Bonchev–Trinajstić information content (AvgIpc) is 2.38. The zero-order valence-corrected chi connectivity index (χ0v) is 11.7. The average molecular weight is 347 g/mol. The Balaban J connectivity index is 1.92. The molecule has 3 nitrogen and oxygen atoms in total. The first-order valence-electron chi connectivity index (χ1n) is 5.62. The number of nitrogens with one attached hydrogen (secondary N) is 1. The minimum atomic E-state index is -4.67. The van der Waals surface area contributed by atoms with E-state index < -0.39 is 6.36 Å². The Hall–Kier alpha value is -1.76. The lowest BCUT2D eigenvalue weighted by atomic mass is 10.3. The molecule has 1 N–H and O–H groups in total. The first kappa shape index (κ1) is 14.6. The lowest BCUT2D eigenvalue weighted by Crippen LogP contribution is -2.17. The molecule has 7 heteroatoms. The van der Waals surface area contributed by atoms with Crippen LogP contribution in [0.5, 0.6) is 5.75 Å². The van der Waals surface area contributed by atoms with E-state index in [9.17, 15) is 13.2 Å². The van der Waals surface area contributed by atoms with Crippen molar-refractivity contribution in [2.45, 2.75) is 12.9 Å². The van der Waals surface area contributed by atoms with E-state index in [1.165, 1.54) is 24.3 Å². The highest BCUT2D eigenvalue weighted by Crippen LogP contribution is 2.24. The third-order valence-electron chi connectivity index (χ3n) is 2.35. The highest BCUT2D eigenvalue weighted by atomic mass is 79.9. The number of pyridine rings is 1. The SMILES string of the molecule is FC(F)(F)Oc1ccc(NCc2ccc(Br)cn2)cc1. The fourth-order valence-corrected chi connectivity index (χ4v) is 1.71. The topological polar surface area (TPSA) is 34.1 Å². The standard InChI is InChI=1S/C13H10BrF3N2O/c14-9-1-2-11(18-7-9)8-19-10-3-5-12(6-4-10)20-13(15,16)17/h1-7,19H,8H2. The zero-order valence-electron chi connectivity index (χ0n) is 10.1. The Morgan fingerprint density at radius 3 is 2.35 bits per heavy atom. The van der Waals surface area contributed by atoms with Crippen LogP contribution >= 0.6 is 15.9 Å². The normalized spacial score (nSPS) is 11.2. The van der Waals surface area contributed by atoms with E-state index in [4.69, 9.17) is 0 Å². The van der Waals surface area contributed by atoms with Gasteiger partial charge in [0, 0.05) is 16.4 Å². The molecule has 0 bridgehead atoms. The van der Waals surface area contributed by atoms with Crippen LogP contribution in [0.1, 0.15) is 5.69 Å². The van der Waals surface area contributed by atoms with Gasteiger partial charge in [-0.2, -0.15) is 0 Å². The summed E-state index contributed by atoms with van der Waals surface area (Å²) in [6, 6.07) is 9.25. The Bertz CT molecular complexity index is 555. The van der Waals surface area contributed by atoms with Crippen molar-refractivity contribution in [2.75, 3.05) is 5.32 Å². The van der Waals surface area contributed by atoms with Crippen molar-refractivity contribution in [3.63, 3.8) is 0 Å². The Morgan fingerprint density at radius 1 is 1.10 bits per heavy atom. The van der Waals surface area contributed by atoms with Crippen LogP contribution in [0.2, 0.25) is 0 Å². The van der Waals surface area contributed by atoms with Crippen LogP contribution in [0.3, 0.4) is 0 Å². The minimum Gasteiger partial charge on any atom is -0.406 e. The minimum absolute atomic E-state index is 0.246. The zero-order chi connectivity index (χ0) is 14.6. The summed E-state index contributed by atoms with van der Waals surface area (Å²) in [5, 5.41) is 3.06. The first-order chi connectivity index (χ1) is 9.42. The van der Waals surface area contributed by atoms with E-state index in [-0.39, 0.29) is 5.75 Å². The van der Waals surface area contributed by atoms with Crippen molar-refractivity contribution in [1.29, 1.82) is 0 Å². The van der Waals surface area contributed by atoms with Crippen molar-refractivity contribution in [3.8, 4) is 5.75 Å². The highest BCUT2D eigenvalue weighted by molar-refractivity contribution is 9.10. The molecule has 2 rings (SSSR count). The smallest absolute Gasteiger partial charge is 0.406 e. The third kappa shape index (κ3) is 4.73. The summed E-state index contributed by atoms with van der Waals surface area (Å²) in [5.41, 5.74) is 1.51. The number of aromatic nitrogens is 1. The molecule has 0 fully saturated rings. The summed E-state index contributed by atoms with van der Waals surface area (Å²) in [6.45, 7) is 0.479. The fourth-order valence-electron chi connectivity index (χ4n) is 1.48. The first-order valence-corrected chi connectivity index (χ1v) is 6.42. The molecular formula is C13H10BrF3N2O. The molecule has 1 aromatic carbocycles. The van der Waals surface area contributed by atoms with Gasteiger partial charge in [0.2, 0.25) is 0 Å². The van der Waals surface area contributed by atoms with Gasteiger partial charge in [0.1, 0.15) is 5.75 Å². The molecular weight excluding hydrogens is 337 g/mol. The van der Waals surface area contributed by atoms with Gasteiger partial charge < -0.3 is 10.1 Å². The number of alkyl halides is 3. The van der Waals surface area contributed by atoms with Gasteiger partial charge in [-0.3, -0.25) is 4.98 Å². The van der Waals surface area contributed by atoms with E-state index >= 15 is 0 Å². The van der Waals surface area contributed by atoms with Crippen molar-refractivity contribution in [2.24, 2.45) is 0 Å². The quantitative estimate of drug-likeness (QED) is 0.893. The van der Waals surface area contributed by atoms with Gasteiger partial charge in [0.05, 0.1) is 12.2 Å². The lowest BCUT2D eigenvalue weighted by Gasteiger charge is -2.10. The molecule has 1 aromatic heterocycles. The van der Waals surface area contributed by atoms with Gasteiger partial charge in [0.25, 0.3) is 0 Å². The number of benzene rings is 1. The van der Waals surface area contributed by atoms with Crippen LogP contribution in [-0.4, -0.2) is 11.3 Å². The van der Waals surface area contributed by atoms with Gasteiger partial charge in [-0.1, -0.05) is 0 Å². The van der Waals surface area contributed by atoms with Crippen LogP contribution in [0.4, 0.5) is 18.9 Å². The van der Waals surface area contributed by atoms with Crippen molar-refractivity contribution < 1.29 is 17.9 Å². The summed E-state index contributed by atoms with van der Waals surface area (Å²) in [7, 11) is 0. The summed E-state index contributed by atoms with van der Waals surface area (Å²) < 4.78 is 40.7. The van der Waals surface area contributed by atoms with E-state index in [2.05, 4.69) is 31.0 Å². The summed E-state index contributed by atoms with van der Waals surface area (Å²) in [6.07, 6.45) is -2.99. The largest absolute Gasteiger partial charge is 0.573 e. The maximum absolute atomic E-state index is 12.0. The summed E-state index contributed by atoms with van der Waals surface area (Å²) in [4.78, 5) is 4.18. The Kier molecular flexibility index (Phi) is 4.49. The lowest BCUT2D eigenvalue weighted by molar-refractivity contribution is -0.274. The van der Waals surface area contributed by atoms with Crippen LogP contribution in [0.15, 0.2) is 47.1 Å². The second-order valence-electron chi connectivity index (χ2n) is 3.89. The van der Waals surface area contributed by atoms with Crippen molar-refractivity contribution >= 4 is 21.6 Å². The molecule has 0 aliphatic heterocycles. The van der Waals surface area contributed by atoms with Gasteiger partial charge in [-0.05, 0) is 52.3 Å². The molecule has 106 valence electrons. The molecule has 1 heterocycles. The molecule has 20 heavy (non-hydrogen) atoms. The van der Waals surface area contributed by atoms with Gasteiger partial charge in [-0.15, -0.1) is 13.2 Å². The number of rotatable bonds is 4. The van der Waals surface area contributed by atoms with Crippen LogP contribution in [0, 0.1) is 0 Å². The molecule has 0 spiro atoms. The maximum atomic E-state index is 12.0. The second kappa shape index (κ2) is 6.13. The molecule has 0 aliphatic rings. The van der Waals surface area contributed by atoms with Gasteiger partial charge in [-0.25, -0.2) is 0 Å². The highest BCUT2D eigenvalue weighted by Gasteiger charge is 2.30. The number of ether oxygens (including phenoxy) is 1. The van der Waals surface area contributed by atoms with E-state index in [1.807, 2.05) is 12.1 Å². The molecule has 0 amide bonds. The van der Waals surface area contributed by atoms with Crippen molar-refractivity contribution in [3.05, 3.63) is 52.8 Å². The predicted octanol–water partition coefficient (Wildman–Crippen LogP) is 4.35. The predicted molar refractivity (Wildman–Crippen MR) is 72.4 cm³/mol. The summed E-state index contributed by atoms with van der Waals surface area (Å²) in [5.74, 6) is -0.246. The molecule has 0 saturated heterocycles. The van der Waals surface area contributed by atoms with Crippen LogP contribution < -0.4 is 10.1 Å². The Morgan fingerprint density at radius 2 is 1.80 bits per heavy atom. The molecule has 2 aromatic rings. The van der Waals surface area contributed by atoms with E-state index in [1.54, 1.807) is 6.20 Å². The molecule has 0 radical (unpaired) electrons. The summed E-state index contributed by atoms with van der Waals surface area (Å²) >= 11 is 3.28. The third-order valence-corrected chi connectivity index (χ3v) is 2.82. The van der Waals surface area contributed by atoms with Crippen molar-refractivity contribution in [1.82, 2.24) is 4.98 Å². The number of hydrogen-bond donors (Lipinski definition) is 1. The monoisotopic (exact) mass is 346 g/mol. The van der Waals surface area contributed by atoms with Gasteiger partial charge >= 0.3 is 6.36 Å². The molecule has 0 saturated carbocycles. The number of nitrogens with zero attached hydrogens (tertiary/aromatic N) is 1. The number of halogens is 4. The second-order valence-corrected chi connectivity index (χ2v) is 4.81. The number of anilines is 1. The Labute approximate surface area is 121 Å². The molecule has 0 aliphatic carbocycles.